The maximum absolute atomic E-state index is 11.8. The molecule has 1 saturated heterocycles. The fourth-order valence-corrected chi connectivity index (χ4v) is 4.40. The summed E-state index contributed by atoms with van der Waals surface area (Å²) < 4.78 is 4.78. The van der Waals surface area contributed by atoms with Crippen LogP contribution in [0.3, 0.4) is 0 Å². The van der Waals surface area contributed by atoms with Crippen molar-refractivity contribution in [1.82, 2.24) is 20.2 Å². The molecule has 0 N–H and O–H groups in total. The number of hydrogen-bond donors (Lipinski definition) is 0. The van der Waals surface area contributed by atoms with Gasteiger partial charge in [0.1, 0.15) is 5.82 Å². The molecule has 0 saturated carbocycles. The molecule has 3 heterocycles. The maximum Gasteiger partial charge on any atom is 0.358 e. The number of nitrogens with zero attached hydrogens (tertiary/aromatic N) is 6. The zero-order valence-electron chi connectivity index (χ0n) is 20.8. The second-order valence-corrected chi connectivity index (χ2v) is 9.02. The third kappa shape index (κ3) is 4.71. The number of esters is 1. The van der Waals surface area contributed by atoms with Gasteiger partial charge in [0, 0.05) is 32.1 Å². The zero-order valence-corrected chi connectivity index (χ0v) is 20.8. The Hall–Kier alpha value is -3.55. The number of rotatable bonds is 5. The van der Waals surface area contributed by atoms with E-state index in [0.717, 1.165) is 43.4 Å². The molecule has 0 radical (unpaired) electrons. The maximum atomic E-state index is 11.8. The molecular formula is C26H32N6O2. The second-order valence-electron chi connectivity index (χ2n) is 9.02. The Morgan fingerprint density at radius 3 is 2.44 bits per heavy atom. The third-order valence-electron chi connectivity index (χ3n) is 6.62. The fourth-order valence-electron chi connectivity index (χ4n) is 4.40. The Bertz CT molecular complexity index is 1190. The quantitative estimate of drug-likeness (QED) is 0.534. The molecular weight excluding hydrogens is 428 g/mol. The van der Waals surface area contributed by atoms with E-state index < -0.39 is 5.97 Å². The normalized spacial score (nSPS) is 16.0. The summed E-state index contributed by atoms with van der Waals surface area (Å²) in [5.41, 5.74) is 6.72. The van der Waals surface area contributed by atoms with Crippen molar-refractivity contribution in [2.24, 2.45) is 0 Å². The summed E-state index contributed by atoms with van der Waals surface area (Å²) in [6, 6.07) is 8.77. The molecule has 0 aliphatic carbocycles. The van der Waals surface area contributed by atoms with Crippen LogP contribution in [-0.4, -0.2) is 58.9 Å². The molecule has 1 aromatic carbocycles. The molecule has 0 spiro atoms. The van der Waals surface area contributed by atoms with Crippen molar-refractivity contribution in [1.29, 1.82) is 0 Å². The molecule has 2 aromatic heterocycles. The van der Waals surface area contributed by atoms with Gasteiger partial charge in [0.25, 0.3) is 0 Å². The van der Waals surface area contributed by atoms with Gasteiger partial charge in [-0.05, 0) is 51.3 Å². The average Bonchev–Trinajstić information content (AvgIpc) is 2.83. The second kappa shape index (κ2) is 9.75. The van der Waals surface area contributed by atoms with Gasteiger partial charge in [-0.15, -0.1) is 5.10 Å². The van der Waals surface area contributed by atoms with Crippen molar-refractivity contribution in [3.63, 3.8) is 0 Å². The highest BCUT2D eigenvalue weighted by Crippen LogP contribution is 2.27. The molecule has 3 aromatic rings. The Morgan fingerprint density at radius 2 is 1.79 bits per heavy atom. The van der Waals surface area contributed by atoms with E-state index >= 15 is 0 Å². The molecule has 8 heteroatoms. The first kappa shape index (κ1) is 23.6. The smallest absolute Gasteiger partial charge is 0.358 e. The predicted octanol–water partition coefficient (Wildman–Crippen LogP) is 3.59. The Kier molecular flexibility index (Phi) is 6.77. The van der Waals surface area contributed by atoms with E-state index in [4.69, 9.17) is 4.74 Å². The van der Waals surface area contributed by atoms with Crippen LogP contribution in [0.25, 0.3) is 0 Å². The first-order chi connectivity index (χ1) is 16.3. The van der Waals surface area contributed by atoms with Gasteiger partial charge in [-0.25, -0.2) is 14.8 Å². The number of aromatic nitrogens is 4. The summed E-state index contributed by atoms with van der Waals surface area (Å²) in [5.74, 6) is 1.24. The Balaban J connectivity index is 1.49. The molecule has 0 bridgehead atoms. The van der Waals surface area contributed by atoms with Crippen LogP contribution in [0.4, 0.5) is 11.6 Å². The molecule has 34 heavy (non-hydrogen) atoms. The van der Waals surface area contributed by atoms with Gasteiger partial charge >= 0.3 is 5.97 Å². The van der Waals surface area contributed by atoms with Crippen molar-refractivity contribution >= 4 is 17.6 Å². The van der Waals surface area contributed by atoms with E-state index in [2.05, 4.69) is 81.9 Å². The summed E-state index contributed by atoms with van der Waals surface area (Å²) in [6.45, 7) is 12.7. The minimum Gasteiger partial charge on any atom is -0.464 e. The number of methoxy groups -OCH3 is 1. The van der Waals surface area contributed by atoms with Gasteiger partial charge < -0.3 is 14.5 Å². The van der Waals surface area contributed by atoms with Gasteiger partial charge in [0.2, 0.25) is 0 Å². The number of anilines is 2. The van der Waals surface area contributed by atoms with Gasteiger partial charge in [-0.1, -0.05) is 29.8 Å². The van der Waals surface area contributed by atoms with Gasteiger partial charge in [0.15, 0.2) is 11.5 Å². The standard InChI is InChI=1S/C26H32N6O2/c1-16-7-9-21(10-8-16)13-22-18(3)19(4)25(30-29-22)31-11-12-32(17(2)15-31)23-14-27-24(20(5)28-23)26(33)34-6/h7-10,14,17H,11-13,15H2,1-6H3/t17-/m1/s1. The van der Waals surface area contributed by atoms with Crippen molar-refractivity contribution in [2.45, 2.75) is 47.1 Å². The van der Waals surface area contributed by atoms with Crippen LogP contribution in [0.2, 0.25) is 0 Å². The molecule has 1 aliphatic heterocycles. The molecule has 8 nitrogen and oxygen atoms in total. The summed E-state index contributed by atoms with van der Waals surface area (Å²) in [6.07, 6.45) is 2.44. The van der Waals surface area contributed by atoms with E-state index in [1.807, 2.05) is 0 Å². The Morgan fingerprint density at radius 1 is 1.06 bits per heavy atom. The number of benzene rings is 1. The minimum absolute atomic E-state index is 0.195. The highest BCUT2D eigenvalue weighted by atomic mass is 16.5. The average molecular weight is 461 g/mol. The lowest BCUT2D eigenvalue weighted by molar-refractivity contribution is 0.0592. The molecule has 0 unspecified atom stereocenters. The summed E-state index contributed by atoms with van der Waals surface area (Å²) >= 11 is 0. The van der Waals surface area contributed by atoms with Crippen LogP contribution in [0.15, 0.2) is 30.5 Å². The number of carbonyl (C=O) groups excluding carboxylic acids is 1. The highest BCUT2D eigenvalue weighted by molar-refractivity contribution is 5.88. The lowest BCUT2D eigenvalue weighted by Crippen LogP contribution is -2.53. The van der Waals surface area contributed by atoms with Gasteiger partial charge in [0.05, 0.1) is 24.7 Å². The van der Waals surface area contributed by atoms with E-state index in [9.17, 15) is 4.79 Å². The van der Waals surface area contributed by atoms with Crippen LogP contribution in [0, 0.1) is 27.7 Å². The number of hydrogen-bond acceptors (Lipinski definition) is 8. The monoisotopic (exact) mass is 460 g/mol. The molecule has 1 aliphatic rings. The van der Waals surface area contributed by atoms with Crippen LogP contribution in [-0.2, 0) is 11.2 Å². The van der Waals surface area contributed by atoms with E-state index in [1.165, 1.54) is 29.4 Å². The number of piperazine rings is 1. The molecule has 4 rings (SSSR count). The summed E-state index contributed by atoms with van der Waals surface area (Å²) in [7, 11) is 1.35. The summed E-state index contributed by atoms with van der Waals surface area (Å²) in [5, 5.41) is 9.25. The van der Waals surface area contributed by atoms with Crippen molar-refractivity contribution in [2.75, 3.05) is 36.5 Å². The van der Waals surface area contributed by atoms with Crippen molar-refractivity contribution in [3.8, 4) is 0 Å². The van der Waals surface area contributed by atoms with Crippen LogP contribution in [0.1, 0.15) is 51.1 Å². The largest absolute Gasteiger partial charge is 0.464 e. The van der Waals surface area contributed by atoms with E-state index in [1.54, 1.807) is 13.1 Å². The molecule has 178 valence electrons. The first-order valence-corrected chi connectivity index (χ1v) is 11.6. The third-order valence-corrected chi connectivity index (χ3v) is 6.62. The number of aryl methyl sites for hydroxylation is 2. The van der Waals surface area contributed by atoms with Crippen LogP contribution in [0.5, 0.6) is 0 Å². The SMILES string of the molecule is COC(=O)c1ncc(N2CCN(c3nnc(Cc4ccc(C)cc4)c(C)c3C)C[C@H]2C)nc1C. The number of carbonyl (C=O) groups is 1. The lowest BCUT2D eigenvalue weighted by atomic mass is 10.0. The van der Waals surface area contributed by atoms with Gasteiger partial charge in [-0.3, -0.25) is 0 Å². The van der Waals surface area contributed by atoms with Crippen LogP contribution < -0.4 is 9.80 Å². The Labute approximate surface area is 201 Å². The van der Waals surface area contributed by atoms with E-state index in [-0.39, 0.29) is 11.7 Å². The minimum atomic E-state index is -0.468. The zero-order chi connectivity index (χ0) is 24.4. The fraction of sp³-hybridized carbons (Fsp3) is 0.423. The molecule has 1 fully saturated rings. The van der Waals surface area contributed by atoms with Crippen molar-refractivity contribution in [3.05, 3.63) is 69.8 Å². The topological polar surface area (TPSA) is 84.3 Å². The van der Waals surface area contributed by atoms with Crippen LogP contribution >= 0.6 is 0 Å². The highest BCUT2D eigenvalue weighted by Gasteiger charge is 2.28. The molecule has 0 amide bonds. The van der Waals surface area contributed by atoms with E-state index in [0.29, 0.717) is 5.69 Å². The predicted molar refractivity (Wildman–Crippen MR) is 133 cm³/mol. The van der Waals surface area contributed by atoms with Crippen molar-refractivity contribution < 1.29 is 9.53 Å². The summed E-state index contributed by atoms with van der Waals surface area (Å²) in [4.78, 5) is 25.3. The molecule has 1 atom stereocenters. The first-order valence-electron chi connectivity index (χ1n) is 11.6. The van der Waals surface area contributed by atoms with Gasteiger partial charge in [-0.2, -0.15) is 5.10 Å². The lowest BCUT2D eigenvalue weighted by Gasteiger charge is -2.41. The number of ether oxygens (including phenoxy) is 1.